The lowest BCUT2D eigenvalue weighted by Gasteiger charge is -2.34. The molecule has 0 aliphatic rings. The Bertz CT molecular complexity index is 1040. The summed E-state index contributed by atoms with van der Waals surface area (Å²) in [6, 6.07) is 12.8. The molecule has 0 saturated carbocycles. The first-order chi connectivity index (χ1) is 16.8. The lowest BCUT2D eigenvalue weighted by atomic mass is 9.70. The third-order valence-corrected chi connectivity index (χ3v) is 7.23. The molecule has 36 heavy (non-hydrogen) atoms. The third kappa shape index (κ3) is 7.44. The van der Waals surface area contributed by atoms with E-state index in [-0.39, 0.29) is 30.3 Å². The summed E-state index contributed by atoms with van der Waals surface area (Å²) in [4.78, 5) is 10.7. The number of rotatable bonds is 12. The standard InChI is InChI=1S/C31H44O5/c1-8-31(9-2,24-12-10-23(21(3)18-24)11-16-28(33)30(5,6)7)25-13-15-27(22(4)19-25)36-20-26(32)14-17-29(34)35/h10-13,15-16,18-19,26,28,32-33H,8-9,14,17,20H2,1-7H3,(H,34,35)/t26-,28?/m1/s1. The quantitative estimate of drug-likeness (QED) is 0.315. The summed E-state index contributed by atoms with van der Waals surface area (Å²) in [6.07, 6.45) is 4.52. The Kier molecular flexibility index (Phi) is 10.3. The number of hydrogen-bond donors (Lipinski definition) is 3. The molecule has 1 unspecified atom stereocenters. The number of aliphatic hydroxyl groups excluding tert-OH is 2. The SMILES string of the molecule is CCC(CC)(c1ccc(C=CC(O)C(C)(C)C)c(C)c1)c1ccc(OC[C@H](O)CCC(=O)O)c(C)c1. The van der Waals surface area contributed by atoms with Crippen molar-refractivity contribution in [3.05, 3.63) is 70.3 Å². The fourth-order valence-electron chi connectivity index (χ4n) is 4.55. The van der Waals surface area contributed by atoms with Crippen molar-refractivity contribution in [1.82, 2.24) is 0 Å². The third-order valence-electron chi connectivity index (χ3n) is 7.23. The van der Waals surface area contributed by atoms with Crippen molar-refractivity contribution in [2.75, 3.05) is 6.61 Å². The molecule has 0 radical (unpaired) electrons. The number of aryl methyl sites for hydroxylation is 2. The molecule has 0 bridgehead atoms. The molecule has 0 aromatic heterocycles. The Labute approximate surface area is 216 Å². The fraction of sp³-hybridized carbons (Fsp3) is 0.516. The molecule has 0 amide bonds. The molecule has 2 atom stereocenters. The van der Waals surface area contributed by atoms with Gasteiger partial charge in [0.25, 0.3) is 0 Å². The second-order valence-corrected chi connectivity index (χ2v) is 10.9. The number of benzene rings is 2. The molecule has 5 heteroatoms. The van der Waals surface area contributed by atoms with Gasteiger partial charge in [0.05, 0.1) is 12.2 Å². The van der Waals surface area contributed by atoms with Gasteiger partial charge in [-0.2, -0.15) is 0 Å². The van der Waals surface area contributed by atoms with E-state index in [0.717, 1.165) is 24.0 Å². The normalized spacial score (nSPS) is 14.1. The summed E-state index contributed by atoms with van der Waals surface area (Å²) in [5.74, 6) is -0.227. The van der Waals surface area contributed by atoms with E-state index in [4.69, 9.17) is 9.84 Å². The number of carbonyl (C=O) groups is 1. The molecule has 198 valence electrons. The van der Waals surface area contributed by atoms with Crippen molar-refractivity contribution in [3.63, 3.8) is 0 Å². The largest absolute Gasteiger partial charge is 0.491 e. The van der Waals surface area contributed by atoms with E-state index < -0.39 is 18.2 Å². The highest BCUT2D eigenvalue weighted by atomic mass is 16.5. The molecule has 0 heterocycles. The van der Waals surface area contributed by atoms with Crippen molar-refractivity contribution in [2.24, 2.45) is 5.41 Å². The second kappa shape index (κ2) is 12.6. The molecule has 0 saturated heterocycles. The molecule has 2 rings (SSSR count). The van der Waals surface area contributed by atoms with E-state index in [1.165, 1.54) is 16.7 Å². The van der Waals surface area contributed by atoms with Crippen molar-refractivity contribution in [2.45, 2.75) is 91.8 Å². The van der Waals surface area contributed by atoms with E-state index in [0.29, 0.717) is 5.75 Å². The van der Waals surface area contributed by atoms with Crippen LogP contribution in [0.2, 0.25) is 0 Å². The summed E-state index contributed by atoms with van der Waals surface area (Å²) in [7, 11) is 0. The minimum atomic E-state index is -0.924. The van der Waals surface area contributed by atoms with Crippen LogP contribution in [0.15, 0.2) is 42.5 Å². The first kappa shape index (κ1) is 29.6. The molecule has 5 nitrogen and oxygen atoms in total. The Balaban J connectivity index is 2.29. The van der Waals surface area contributed by atoms with Gasteiger partial charge in [0.2, 0.25) is 0 Å². The predicted octanol–water partition coefficient (Wildman–Crippen LogP) is 6.43. The van der Waals surface area contributed by atoms with Crippen LogP contribution in [0.25, 0.3) is 6.08 Å². The van der Waals surface area contributed by atoms with Crippen LogP contribution in [0.1, 0.15) is 88.1 Å². The minimum absolute atomic E-state index is 0.0677. The monoisotopic (exact) mass is 496 g/mol. The summed E-state index contributed by atoms with van der Waals surface area (Å²) < 4.78 is 5.81. The maximum absolute atomic E-state index is 10.7. The fourth-order valence-corrected chi connectivity index (χ4v) is 4.55. The highest BCUT2D eigenvalue weighted by molar-refractivity contribution is 5.66. The smallest absolute Gasteiger partial charge is 0.303 e. The van der Waals surface area contributed by atoms with Gasteiger partial charge in [-0.15, -0.1) is 0 Å². The molecule has 2 aromatic rings. The van der Waals surface area contributed by atoms with Gasteiger partial charge >= 0.3 is 5.97 Å². The van der Waals surface area contributed by atoms with Crippen molar-refractivity contribution >= 4 is 12.0 Å². The molecule has 0 aliphatic heterocycles. The van der Waals surface area contributed by atoms with Crippen molar-refractivity contribution < 1.29 is 24.9 Å². The van der Waals surface area contributed by atoms with Crippen LogP contribution < -0.4 is 4.74 Å². The van der Waals surface area contributed by atoms with Crippen LogP contribution in [0.4, 0.5) is 0 Å². The summed E-state index contributed by atoms with van der Waals surface area (Å²) >= 11 is 0. The number of ether oxygens (including phenoxy) is 1. The molecule has 0 spiro atoms. The van der Waals surface area contributed by atoms with Gasteiger partial charge < -0.3 is 20.1 Å². The van der Waals surface area contributed by atoms with Gasteiger partial charge in [0.1, 0.15) is 12.4 Å². The number of hydrogen-bond acceptors (Lipinski definition) is 4. The van der Waals surface area contributed by atoms with Crippen molar-refractivity contribution in [1.29, 1.82) is 0 Å². The molecular formula is C31H44O5. The number of carboxylic acid groups (broad SMARTS) is 1. The first-order valence-corrected chi connectivity index (χ1v) is 12.9. The topological polar surface area (TPSA) is 87.0 Å². The number of aliphatic hydroxyl groups is 2. The van der Waals surface area contributed by atoms with Crippen LogP contribution in [-0.2, 0) is 10.2 Å². The summed E-state index contributed by atoms with van der Waals surface area (Å²) in [6.45, 7) is 14.7. The average molecular weight is 497 g/mol. The zero-order valence-corrected chi connectivity index (χ0v) is 23.0. The Hall–Kier alpha value is -2.63. The lowest BCUT2D eigenvalue weighted by Crippen LogP contribution is -2.26. The first-order valence-electron chi connectivity index (χ1n) is 12.9. The van der Waals surface area contributed by atoms with E-state index in [1.807, 2.05) is 45.9 Å². The molecule has 0 fully saturated rings. The van der Waals surface area contributed by atoms with Gasteiger partial charge in [0.15, 0.2) is 0 Å². The van der Waals surface area contributed by atoms with Crippen LogP contribution in [-0.4, -0.2) is 40.1 Å². The van der Waals surface area contributed by atoms with E-state index in [9.17, 15) is 15.0 Å². The Morgan fingerprint density at radius 3 is 2.06 bits per heavy atom. The lowest BCUT2D eigenvalue weighted by molar-refractivity contribution is -0.137. The molecule has 3 N–H and O–H groups in total. The van der Waals surface area contributed by atoms with E-state index in [1.54, 1.807) is 0 Å². The highest BCUT2D eigenvalue weighted by Gasteiger charge is 2.31. The second-order valence-electron chi connectivity index (χ2n) is 10.9. The van der Waals surface area contributed by atoms with Gasteiger partial charge in [-0.1, -0.05) is 77.1 Å². The maximum Gasteiger partial charge on any atom is 0.303 e. The van der Waals surface area contributed by atoms with E-state index >= 15 is 0 Å². The zero-order chi connectivity index (χ0) is 27.1. The van der Waals surface area contributed by atoms with Gasteiger partial charge in [-0.05, 0) is 72.4 Å². The molecular weight excluding hydrogens is 452 g/mol. The van der Waals surface area contributed by atoms with Crippen LogP contribution in [0.3, 0.4) is 0 Å². The summed E-state index contributed by atoms with van der Waals surface area (Å²) in [5.41, 5.74) is 5.38. The van der Waals surface area contributed by atoms with Crippen LogP contribution in [0, 0.1) is 19.3 Å². The highest BCUT2D eigenvalue weighted by Crippen LogP contribution is 2.41. The van der Waals surface area contributed by atoms with Crippen LogP contribution >= 0.6 is 0 Å². The Morgan fingerprint density at radius 2 is 1.56 bits per heavy atom. The Morgan fingerprint density at radius 1 is 0.972 bits per heavy atom. The maximum atomic E-state index is 10.7. The van der Waals surface area contributed by atoms with E-state index in [2.05, 4.69) is 51.1 Å². The van der Waals surface area contributed by atoms with Crippen molar-refractivity contribution in [3.8, 4) is 5.75 Å². The van der Waals surface area contributed by atoms with Crippen LogP contribution in [0.5, 0.6) is 5.75 Å². The van der Waals surface area contributed by atoms with Gasteiger partial charge in [0, 0.05) is 11.8 Å². The zero-order valence-electron chi connectivity index (χ0n) is 23.0. The predicted molar refractivity (Wildman–Crippen MR) is 147 cm³/mol. The molecule has 2 aromatic carbocycles. The van der Waals surface area contributed by atoms with Gasteiger partial charge in [-0.25, -0.2) is 0 Å². The number of aliphatic carboxylic acids is 1. The summed E-state index contributed by atoms with van der Waals surface area (Å²) in [5, 5.41) is 29.2. The molecule has 0 aliphatic carbocycles. The minimum Gasteiger partial charge on any atom is -0.491 e. The average Bonchev–Trinajstić information content (AvgIpc) is 2.82. The number of carboxylic acids is 1. The van der Waals surface area contributed by atoms with Gasteiger partial charge in [-0.3, -0.25) is 4.79 Å².